The highest BCUT2D eigenvalue weighted by atomic mass is 35.5. The molecule has 1 N–H and O–H groups in total. The average molecular weight is 397 g/mol. The van der Waals surface area contributed by atoms with Crippen LogP contribution in [0.15, 0.2) is 36.4 Å². The molecule has 0 saturated carbocycles. The number of nitrogens with one attached hydrogen (secondary N) is 1. The number of nitrogens with zero attached hydrogens (tertiary/aromatic N) is 1. The summed E-state index contributed by atoms with van der Waals surface area (Å²) < 4.78 is 5.07. The Labute approximate surface area is 159 Å². The minimum Gasteiger partial charge on any atom is -0.449 e. The molecule has 2 aromatic rings. The number of rotatable bonds is 5. The minimum absolute atomic E-state index is 0.0149. The predicted molar refractivity (Wildman–Crippen MR) is 97.8 cm³/mol. The molecule has 26 heavy (non-hydrogen) atoms. The lowest BCUT2D eigenvalue weighted by Gasteiger charge is -2.15. The van der Waals surface area contributed by atoms with E-state index in [0.29, 0.717) is 10.7 Å². The number of nitro benzene ring substituents is 1. The van der Waals surface area contributed by atoms with Crippen molar-refractivity contribution in [3.63, 3.8) is 0 Å². The quantitative estimate of drug-likeness (QED) is 0.458. The molecule has 0 unspecified atom stereocenters. The first kappa shape index (κ1) is 19.7. The number of halogens is 2. The molecule has 2 aromatic carbocycles. The van der Waals surface area contributed by atoms with E-state index in [-0.39, 0.29) is 16.3 Å². The SMILES string of the molecule is Cc1ccc(Cl)cc1NC(=O)[C@@H](C)OC(=O)c1cc([N+](=O)[O-])ccc1Cl. The van der Waals surface area contributed by atoms with Crippen molar-refractivity contribution in [2.24, 2.45) is 0 Å². The van der Waals surface area contributed by atoms with E-state index in [0.717, 1.165) is 17.7 Å². The Kier molecular flexibility index (Phi) is 6.18. The van der Waals surface area contributed by atoms with Crippen LogP contribution < -0.4 is 5.32 Å². The zero-order chi connectivity index (χ0) is 19.4. The van der Waals surface area contributed by atoms with E-state index in [4.69, 9.17) is 27.9 Å². The lowest BCUT2D eigenvalue weighted by Crippen LogP contribution is -2.30. The van der Waals surface area contributed by atoms with Gasteiger partial charge >= 0.3 is 5.97 Å². The van der Waals surface area contributed by atoms with E-state index >= 15 is 0 Å². The number of esters is 1. The van der Waals surface area contributed by atoms with Gasteiger partial charge in [-0.3, -0.25) is 14.9 Å². The lowest BCUT2D eigenvalue weighted by molar-refractivity contribution is -0.384. The molecule has 2 rings (SSSR count). The molecule has 0 aromatic heterocycles. The second-order valence-corrected chi connectivity index (χ2v) is 6.26. The summed E-state index contributed by atoms with van der Waals surface area (Å²) in [4.78, 5) is 34.6. The van der Waals surface area contributed by atoms with E-state index in [1.165, 1.54) is 13.0 Å². The molecule has 9 heteroatoms. The van der Waals surface area contributed by atoms with E-state index in [1.54, 1.807) is 25.1 Å². The molecule has 7 nitrogen and oxygen atoms in total. The molecule has 0 radical (unpaired) electrons. The minimum atomic E-state index is -1.16. The Hall–Kier alpha value is -2.64. The molecule has 136 valence electrons. The van der Waals surface area contributed by atoms with Gasteiger partial charge < -0.3 is 10.1 Å². The number of hydrogen-bond acceptors (Lipinski definition) is 5. The Morgan fingerprint density at radius 2 is 1.88 bits per heavy atom. The molecule has 0 aliphatic carbocycles. The summed E-state index contributed by atoms with van der Waals surface area (Å²) in [6, 6.07) is 8.36. The van der Waals surface area contributed by atoms with Crippen LogP contribution in [0.2, 0.25) is 10.0 Å². The summed E-state index contributed by atoms with van der Waals surface area (Å²) in [6.45, 7) is 3.16. The lowest BCUT2D eigenvalue weighted by atomic mass is 10.2. The number of benzene rings is 2. The summed E-state index contributed by atoms with van der Waals surface area (Å²) in [6.07, 6.45) is -1.16. The van der Waals surface area contributed by atoms with Gasteiger partial charge in [-0.05, 0) is 37.6 Å². The van der Waals surface area contributed by atoms with Gasteiger partial charge in [-0.25, -0.2) is 4.79 Å². The number of amides is 1. The maximum atomic E-state index is 12.2. The summed E-state index contributed by atoms with van der Waals surface area (Å²) in [5.41, 5.74) is 0.759. The first-order valence-corrected chi connectivity index (χ1v) is 8.16. The maximum Gasteiger partial charge on any atom is 0.340 e. The van der Waals surface area contributed by atoms with E-state index in [9.17, 15) is 19.7 Å². The van der Waals surface area contributed by atoms with Crippen molar-refractivity contribution in [2.45, 2.75) is 20.0 Å². The maximum absolute atomic E-state index is 12.2. The van der Waals surface area contributed by atoms with Gasteiger partial charge in [0.15, 0.2) is 6.10 Å². The third-order valence-corrected chi connectivity index (χ3v) is 4.06. The van der Waals surface area contributed by atoms with Gasteiger partial charge in [-0.15, -0.1) is 0 Å². The third-order valence-electron chi connectivity index (χ3n) is 3.49. The highest BCUT2D eigenvalue weighted by molar-refractivity contribution is 6.33. The molecule has 0 aliphatic rings. The van der Waals surface area contributed by atoms with Crippen molar-refractivity contribution in [3.8, 4) is 0 Å². The first-order valence-electron chi connectivity index (χ1n) is 7.41. The molecular weight excluding hydrogens is 383 g/mol. The Bertz CT molecular complexity index is 885. The normalized spacial score (nSPS) is 11.5. The zero-order valence-electron chi connectivity index (χ0n) is 13.8. The van der Waals surface area contributed by atoms with Gasteiger partial charge in [0.05, 0.1) is 15.5 Å². The number of aryl methyl sites for hydroxylation is 1. The monoisotopic (exact) mass is 396 g/mol. The molecule has 1 atom stereocenters. The number of non-ortho nitro benzene ring substituents is 1. The fraction of sp³-hybridized carbons (Fsp3) is 0.176. The smallest absolute Gasteiger partial charge is 0.340 e. The number of hydrogen-bond donors (Lipinski definition) is 1. The number of ether oxygens (including phenoxy) is 1. The Morgan fingerprint density at radius 1 is 1.19 bits per heavy atom. The van der Waals surface area contributed by atoms with E-state index < -0.39 is 22.9 Å². The largest absolute Gasteiger partial charge is 0.449 e. The van der Waals surface area contributed by atoms with Crippen molar-refractivity contribution in [1.82, 2.24) is 0 Å². The average Bonchev–Trinajstić information content (AvgIpc) is 2.58. The fourth-order valence-electron chi connectivity index (χ4n) is 2.02. The van der Waals surface area contributed by atoms with Gasteiger partial charge in [0, 0.05) is 22.8 Å². The van der Waals surface area contributed by atoms with Crippen molar-refractivity contribution in [1.29, 1.82) is 0 Å². The zero-order valence-corrected chi connectivity index (χ0v) is 15.3. The molecule has 0 saturated heterocycles. The molecular formula is C17H14Cl2N2O5. The van der Waals surface area contributed by atoms with Crippen LogP contribution in [0.5, 0.6) is 0 Å². The van der Waals surface area contributed by atoms with Gasteiger partial charge in [0.2, 0.25) is 0 Å². The third kappa shape index (κ3) is 4.71. The van der Waals surface area contributed by atoms with Crippen LogP contribution in [0.1, 0.15) is 22.8 Å². The molecule has 0 bridgehead atoms. The first-order chi connectivity index (χ1) is 12.2. The molecule has 0 spiro atoms. The number of nitro groups is 1. The summed E-state index contributed by atoms with van der Waals surface area (Å²) in [7, 11) is 0. The second kappa shape index (κ2) is 8.16. The van der Waals surface area contributed by atoms with E-state index in [1.807, 2.05) is 0 Å². The van der Waals surface area contributed by atoms with E-state index in [2.05, 4.69) is 5.32 Å². The van der Waals surface area contributed by atoms with Crippen LogP contribution in [-0.2, 0) is 9.53 Å². The summed E-state index contributed by atoms with van der Waals surface area (Å²) >= 11 is 11.8. The summed E-state index contributed by atoms with van der Waals surface area (Å²) in [5, 5.41) is 13.9. The molecule has 0 fully saturated rings. The topological polar surface area (TPSA) is 98.5 Å². The van der Waals surface area contributed by atoms with Gasteiger partial charge in [0.25, 0.3) is 11.6 Å². The van der Waals surface area contributed by atoms with Crippen molar-refractivity contribution < 1.29 is 19.2 Å². The van der Waals surface area contributed by atoms with Crippen molar-refractivity contribution >= 4 is 46.5 Å². The number of anilines is 1. The molecule has 0 aliphatic heterocycles. The second-order valence-electron chi connectivity index (χ2n) is 5.42. The Balaban J connectivity index is 2.11. The van der Waals surface area contributed by atoms with Crippen LogP contribution in [0.3, 0.4) is 0 Å². The highest BCUT2D eigenvalue weighted by Crippen LogP contribution is 2.24. The van der Waals surface area contributed by atoms with Crippen molar-refractivity contribution in [3.05, 3.63) is 67.7 Å². The standard InChI is InChI=1S/C17H14Cl2N2O5/c1-9-3-4-11(18)7-15(9)20-16(22)10(2)26-17(23)13-8-12(21(24)25)5-6-14(13)19/h3-8,10H,1-2H3,(H,20,22)/t10-/m1/s1. The predicted octanol–water partition coefficient (Wildman–Crippen LogP) is 4.39. The summed E-state index contributed by atoms with van der Waals surface area (Å²) in [5.74, 6) is -1.52. The molecule has 1 amide bonds. The van der Waals surface area contributed by atoms with Gasteiger partial charge in [-0.1, -0.05) is 29.3 Å². The van der Waals surface area contributed by atoms with Crippen LogP contribution in [0, 0.1) is 17.0 Å². The van der Waals surface area contributed by atoms with Gasteiger partial charge in [0.1, 0.15) is 0 Å². The Morgan fingerprint density at radius 3 is 2.54 bits per heavy atom. The fourth-order valence-corrected chi connectivity index (χ4v) is 2.39. The van der Waals surface area contributed by atoms with Crippen LogP contribution in [-0.4, -0.2) is 22.9 Å². The number of carbonyl (C=O) groups is 2. The van der Waals surface area contributed by atoms with Crippen LogP contribution in [0.4, 0.5) is 11.4 Å². The van der Waals surface area contributed by atoms with Gasteiger partial charge in [-0.2, -0.15) is 0 Å². The van der Waals surface area contributed by atoms with Crippen LogP contribution >= 0.6 is 23.2 Å². The van der Waals surface area contributed by atoms with Crippen LogP contribution in [0.25, 0.3) is 0 Å². The molecule has 0 heterocycles. The number of carbonyl (C=O) groups excluding carboxylic acids is 2. The highest BCUT2D eigenvalue weighted by Gasteiger charge is 2.23. The van der Waals surface area contributed by atoms with Crippen molar-refractivity contribution in [2.75, 3.05) is 5.32 Å².